The Balaban J connectivity index is 2.37. The number of ether oxygens (including phenoxy) is 1. The highest BCUT2D eigenvalue weighted by molar-refractivity contribution is 5.71. The van der Waals surface area contributed by atoms with Crippen LogP contribution in [0.1, 0.15) is 19.4 Å². The molecule has 1 aliphatic heterocycles. The van der Waals surface area contributed by atoms with Crippen LogP contribution >= 0.6 is 0 Å². The van der Waals surface area contributed by atoms with E-state index in [0.717, 1.165) is 23.5 Å². The third-order valence-electron chi connectivity index (χ3n) is 3.46. The molecule has 1 heterocycles. The average molecular weight is 285 g/mol. The van der Waals surface area contributed by atoms with Crippen LogP contribution < -0.4 is 4.74 Å². The van der Waals surface area contributed by atoms with Gasteiger partial charge in [-0.3, -0.25) is 0 Å². The monoisotopic (exact) mass is 285 g/mol. The number of halogens is 1. The Morgan fingerprint density at radius 2 is 2.10 bits per heavy atom. The molecule has 0 unspecified atom stereocenters. The first-order chi connectivity index (χ1) is 10.1. The molecule has 0 saturated carbocycles. The van der Waals surface area contributed by atoms with Gasteiger partial charge in [0.2, 0.25) is 0 Å². The molecule has 1 aromatic carbocycles. The number of benzene rings is 1. The Morgan fingerprint density at radius 3 is 2.71 bits per heavy atom. The molecule has 1 aromatic rings. The quantitative estimate of drug-likeness (QED) is 0.737. The van der Waals surface area contributed by atoms with E-state index in [4.69, 9.17) is 4.74 Å². The van der Waals surface area contributed by atoms with E-state index < -0.39 is 0 Å². The summed E-state index contributed by atoms with van der Waals surface area (Å²) < 4.78 is 19.7. The fraction of sp³-hybridized carbons (Fsp3) is 0.222. The third kappa shape index (κ3) is 3.07. The van der Waals surface area contributed by atoms with Crippen LogP contribution in [-0.4, -0.2) is 18.1 Å². The third-order valence-corrected chi connectivity index (χ3v) is 3.46. The molecule has 110 valence electrons. The molecule has 1 aliphatic rings. The lowest BCUT2D eigenvalue weighted by Gasteiger charge is -2.31. The molecule has 0 atom stereocenters. The molecule has 0 bridgehead atoms. The van der Waals surface area contributed by atoms with Crippen LogP contribution in [0.15, 0.2) is 60.9 Å². The minimum Gasteiger partial charge on any atom is -0.489 e. The number of allylic oxidation sites excluding steroid dienone is 3. The second-order valence-corrected chi connectivity index (χ2v) is 4.83. The topological polar surface area (TPSA) is 12.5 Å². The Hall–Kier alpha value is -2.29. The minimum atomic E-state index is -0.304. The van der Waals surface area contributed by atoms with Crippen LogP contribution in [-0.2, 0) is 0 Å². The molecule has 0 amide bonds. The van der Waals surface area contributed by atoms with Crippen molar-refractivity contribution >= 4 is 5.70 Å². The average Bonchev–Trinajstić information content (AvgIpc) is 2.48. The Bertz CT molecular complexity index is 628. The zero-order valence-electron chi connectivity index (χ0n) is 12.5. The molecule has 0 N–H and O–H groups in total. The van der Waals surface area contributed by atoms with Gasteiger partial charge in [-0.2, -0.15) is 0 Å². The van der Waals surface area contributed by atoms with Crippen molar-refractivity contribution < 1.29 is 9.13 Å². The Kier molecular flexibility index (Phi) is 4.63. The van der Waals surface area contributed by atoms with E-state index in [-0.39, 0.29) is 5.82 Å². The highest BCUT2D eigenvalue weighted by Gasteiger charge is 2.20. The summed E-state index contributed by atoms with van der Waals surface area (Å²) in [6.45, 7) is 12.8. The summed E-state index contributed by atoms with van der Waals surface area (Å²) in [7, 11) is 0. The van der Waals surface area contributed by atoms with Crippen LogP contribution in [0.4, 0.5) is 4.39 Å². The van der Waals surface area contributed by atoms with E-state index in [1.165, 1.54) is 6.07 Å². The molecule has 0 fully saturated rings. The highest BCUT2D eigenvalue weighted by atomic mass is 19.1. The van der Waals surface area contributed by atoms with E-state index in [2.05, 4.69) is 13.2 Å². The first kappa shape index (κ1) is 15.1. The van der Waals surface area contributed by atoms with Gasteiger partial charge < -0.3 is 9.64 Å². The van der Waals surface area contributed by atoms with Crippen LogP contribution in [0, 0.1) is 5.82 Å². The first-order valence-electron chi connectivity index (χ1n) is 6.97. The van der Waals surface area contributed by atoms with Crippen molar-refractivity contribution in [2.24, 2.45) is 0 Å². The SMILES string of the molecule is C=CCOc1ccc(C2=CC=C(C)C(=C)N2CC)c(F)c1. The Morgan fingerprint density at radius 1 is 1.33 bits per heavy atom. The van der Waals surface area contributed by atoms with E-state index in [9.17, 15) is 4.39 Å². The first-order valence-corrected chi connectivity index (χ1v) is 6.97. The second-order valence-electron chi connectivity index (χ2n) is 4.83. The Labute approximate surface area is 125 Å². The molecule has 21 heavy (non-hydrogen) atoms. The zero-order valence-corrected chi connectivity index (χ0v) is 12.5. The number of hydrogen-bond donors (Lipinski definition) is 0. The van der Waals surface area contributed by atoms with Crippen molar-refractivity contribution in [1.82, 2.24) is 4.90 Å². The van der Waals surface area contributed by atoms with Gasteiger partial charge in [0, 0.05) is 23.9 Å². The van der Waals surface area contributed by atoms with Crippen LogP contribution in [0.3, 0.4) is 0 Å². The molecule has 0 spiro atoms. The van der Waals surface area contributed by atoms with Gasteiger partial charge in [-0.1, -0.05) is 25.3 Å². The predicted octanol–water partition coefficient (Wildman–Crippen LogP) is 4.53. The van der Waals surface area contributed by atoms with E-state index in [1.807, 2.05) is 30.9 Å². The van der Waals surface area contributed by atoms with Crippen molar-refractivity contribution in [3.05, 3.63) is 72.2 Å². The predicted molar refractivity (Wildman–Crippen MR) is 85.3 cm³/mol. The lowest BCUT2D eigenvalue weighted by Crippen LogP contribution is -2.23. The number of hydrogen-bond acceptors (Lipinski definition) is 2. The number of rotatable bonds is 5. The summed E-state index contributed by atoms with van der Waals surface area (Å²) >= 11 is 0. The maximum Gasteiger partial charge on any atom is 0.136 e. The van der Waals surface area contributed by atoms with Crippen molar-refractivity contribution in [2.75, 3.05) is 13.2 Å². The van der Waals surface area contributed by atoms with Gasteiger partial charge in [0.25, 0.3) is 0 Å². The van der Waals surface area contributed by atoms with Crippen molar-refractivity contribution in [3.8, 4) is 5.75 Å². The molecule has 0 saturated heterocycles. The number of nitrogens with zero attached hydrogens (tertiary/aromatic N) is 1. The molecule has 2 rings (SSSR count). The summed E-state index contributed by atoms with van der Waals surface area (Å²) in [6, 6.07) is 4.91. The van der Waals surface area contributed by atoms with E-state index in [1.54, 1.807) is 18.2 Å². The van der Waals surface area contributed by atoms with Gasteiger partial charge in [0.15, 0.2) is 0 Å². The van der Waals surface area contributed by atoms with Gasteiger partial charge >= 0.3 is 0 Å². The highest BCUT2D eigenvalue weighted by Crippen LogP contribution is 2.32. The normalized spacial score (nSPS) is 14.6. The summed E-state index contributed by atoms with van der Waals surface area (Å²) in [5.74, 6) is 0.197. The van der Waals surface area contributed by atoms with Gasteiger partial charge in [-0.05, 0) is 37.6 Å². The summed E-state index contributed by atoms with van der Waals surface area (Å²) in [6.07, 6.45) is 5.52. The molecule has 3 heteroatoms. The van der Waals surface area contributed by atoms with E-state index >= 15 is 0 Å². The molecule has 2 nitrogen and oxygen atoms in total. The minimum absolute atomic E-state index is 0.304. The largest absolute Gasteiger partial charge is 0.489 e. The van der Waals surface area contributed by atoms with E-state index in [0.29, 0.717) is 17.9 Å². The van der Waals surface area contributed by atoms with Gasteiger partial charge in [-0.15, -0.1) is 0 Å². The lowest BCUT2D eigenvalue weighted by molar-refractivity contribution is 0.360. The molecule has 0 aliphatic carbocycles. The number of likely N-dealkylation sites (N-methyl/N-ethyl adjacent to an activating group) is 1. The van der Waals surface area contributed by atoms with Gasteiger partial charge in [0.05, 0.1) is 5.70 Å². The summed E-state index contributed by atoms with van der Waals surface area (Å²) in [4.78, 5) is 2.01. The van der Waals surface area contributed by atoms with Crippen molar-refractivity contribution in [2.45, 2.75) is 13.8 Å². The zero-order chi connectivity index (χ0) is 15.4. The molecule has 0 aromatic heterocycles. The van der Waals surface area contributed by atoms with Gasteiger partial charge in [0.1, 0.15) is 18.2 Å². The lowest BCUT2D eigenvalue weighted by atomic mass is 10.0. The standard InChI is InChI=1S/C18H20FNO/c1-5-11-21-15-8-9-16(17(19)12-15)18-10-7-13(3)14(4)20(18)6-2/h5,7-10,12H,1,4,6,11H2,2-3H3. The molecular weight excluding hydrogens is 265 g/mol. The van der Waals surface area contributed by atoms with Crippen LogP contribution in [0.5, 0.6) is 5.75 Å². The summed E-state index contributed by atoms with van der Waals surface area (Å²) in [5.41, 5.74) is 3.36. The van der Waals surface area contributed by atoms with Crippen molar-refractivity contribution in [3.63, 3.8) is 0 Å². The maximum absolute atomic E-state index is 14.4. The summed E-state index contributed by atoms with van der Waals surface area (Å²) in [5, 5.41) is 0. The fourth-order valence-corrected chi connectivity index (χ4v) is 2.29. The fourth-order valence-electron chi connectivity index (χ4n) is 2.29. The maximum atomic E-state index is 14.4. The molecule has 0 radical (unpaired) electrons. The van der Waals surface area contributed by atoms with Crippen molar-refractivity contribution in [1.29, 1.82) is 0 Å². The molecular formula is C18H20FNO. The van der Waals surface area contributed by atoms with Crippen LogP contribution in [0.25, 0.3) is 5.70 Å². The smallest absolute Gasteiger partial charge is 0.136 e. The second kappa shape index (κ2) is 6.44. The van der Waals surface area contributed by atoms with Gasteiger partial charge in [-0.25, -0.2) is 4.39 Å². The van der Waals surface area contributed by atoms with Crippen LogP contribution in [0.2, 0.25) is 0 Å².